The molecule has 1 heterocycles. The summed E-state index contributed by atoms with van der Waals surface area (Å²) in [5.74, 6) is 0. The first-order valence-electron chi connectivity index (χ1n) is 4.57. The summed E-state index contributed by atoms with van der Waals surface area (Å²) in [6.45, 7) is -2.00. The molecule has 0 atom stereocenters. The van der Waals surface area contributed by atoms with Crippen molar-refractivity contribution in [2.45, 2.75) is 25.8 Å². The van der Waals surface area contributed by atoms with Crippen LogP contribution in [-0.2, 0) is 11.9 Å². The monoisotopic (exact) mass is 218 g/mol. The molecule has 2 nitrogen and oxygen atoms in total. The standard InChI is InChI=1S/C9H12BF3NO/c1-9(2,15)8-3-4-14-6-7(8)5-10(11,12)13/h3-4,6,15H,5H2,1-2H3/q-1. The van der Waals surface area contributed by atoms with Gasteiger partial charge in [-0.3, -0.25) is 4.98 Å². The molecular weight excluding hydrogens is 206 g/mol. The fourth-order valence-corrected chi connectivity index (χ4v) is 1.44. The van der Waals surface area contributed by atoms with Crippen molar-refractivity contribution >= 4 is 6.98 Å². The quantitative estimate of drug-likeness (QED) is 0.789. The molecule has 0 amide bonds. The average Bonchev–Trinajstić information content (AvgIpc) is 1.99. The molecule has 1 aromatic heterocycles. The average molecular weight is 218 g/mol. The normalized spacial score (nSPS) is 12.9. The fourth-order valence-electron chi connectivity index (χ4n) is 1.44. The molecule has 0 aromatic carbocycles. The number of halogens is 3. The number of aromatic nitrogens is 1. The van der Waals surface area contributed by atoms with Crippen LogP contribution in [0.4, 0.5) is 12.9 Å². The maximum atomic E-state index is 12.3. The van der Waals surface area contributed by atoms with Gasteiger partial charge in [-0.05, 0) is 31.0 Å². The summed E-state index contributed by atoms with van der Waals surface area (Å²) in [5.41, 5.74) is -0.964. The summed E-state index contributed by atoms with van der Waals surface area (Å²) >= 11 is 0. The minimum atomic E-state index is -4.91. The van der Waals surface area contributed by atoms with Crippen molar-refractivity contribution in [3.8, 4) is 0 Å². The van der Waals surface area contributed by atoms with Crippen LogP contribution in [0.2, 0.25) is 0 Å². The maximum absolute atomic E-state index is 12.3. The van der Waals surface area contributed by atoms with Gasteiger partial charge in [-0.15, -0.1) is 0 Å². The molecule has 0 unspecified atom stereocenters. The molecule has 0 radical (unpaired) electrons. The van der Waals surface area contributed by atoms with E-state index in [4.69, 9.17) is 0 Å². The molecule has 0 spiro atoms. The lowest BCUT2D eigenvalue weighted by molar-refractivity contribution is 0.0776. The van der Waals surface area contributed by atoms with E-state index in [2.05, 4.69) is 4.98 Å². The van der Waals surface area contributed by atoms with Crippen LogP contribution >= 0.6 is 0 Å². The van der Waals surface area contributed by atoms with E-state index in [1.54, 1.807) is 0 Å². The van der Waals surface area contributed by atoms with Crippen molar-refractivity contribution in [2.24, 2.45) is 0 Å². The van der Waals surface area contributed by atoms with Gasteiger partial charge in [0.1, 0.15) is 0 Å². The molecule has 1 N–H and O–H groups in total. The lowest BCUT2D eigenvalue weighted by Crippen LogP contribution is -2.24. The SMILES string of the molecule is CC(C)(O)c1ccncc1C[B-](F)(F)F. The maximum Gasteiger partial charge on any atom is 0.482 e. The Morgan fingerprint density at radius 3 is 2.47 bits per heavy atom. The molecule has 0 saturated heterocycles. The van der Waals surface area contributed by atoms with Gasteiger partial charge in [-0.2, -0.15) is 0 Å². The van der Waals surface area contributed by atoms with Crippen molar-refractivity contribution in [3.05, 3.63) is 29.6 Å². The van der Waals surface area contributed by atoms with Gasteiger partial charge in [0, 0.05) is 12.4 Å². The zero-order valence-corrected chi connectivity index (χ0v) is 8.54. The second-order valence-corrected chi connectivity index (χ2v) is 4.01. The van der Waals surface area contributed by atoms with Gasteiger partial charge in [-0.25, -0.2) is 0 Å². The predicted octanol–water partition coefficient (Wildman–Crippen LogP) is 2.24. The summed E-state index contributed by atoms with van der Waals surface area (Å²) in [7, 11) is 0. The molecule has 0 fully saturated rings. The van der Waals surface area contributed by atoms with Gasteiger partial charge >= 0.3 is 6.98 Å². The van der Waals surface area contributed by atoms with Crippen molar-refractivity contribution in [3.63, 3.8) is 0 Å². The number of aliphatic hydroxyl groups is 1. The van der Waals surface area contributed by atoms with Crippen molar-refractivity contribution < 1.29 is 18.1 Å². The Kier molecular flexibility index (Phi) is 3.09. The molecule has 0 aliphatic carbocycles. The van der Waals surface area contributed by atoms with Gasteiger partial charge in [-0.1, -0.05) is 6.32 Å². The minimum absolute atomic E-state index is 0.0394. The molecule has 0 bridgehead atoms. The Balaban J connectivity index is 3.08. The van der Waals surface area contributed by atoms with Gasteiger partial charge < -0.3 is 18.1 Å². The minimum Gasteiger partial charge on any atom is -0.449 e. The Morgan fingerprint density at radius 1 is 1.40 bits per heavy atom. The van der Waals surface area contributed by atoms with E-state index in [1.165, 1.54) is 26.1 Å². The third-order valence-electron chi connectivity index (χ3n) is 2.01. The number of pyridine rings is 1. The second kappa shape index (κ2) is 3.85. The van der Waals surface area contributed by atoms with E-state index in [9.17, 15) is 18.1 Å². The highest BCUT2D eigenvalue weighted by Crippen LogP contribution is 2.26. The molecule has 84 valence electrons. The van der Waals surface area contributed by atoms with Gasteiger partial charge in [0.05, 0.1) is 5.60 Å². The zero-order chi connectivity index (χ0) is 11.7. The molecule has 0 aliphatic heterocycles. The Morgan fingerprint density at radius 2 is 2.00 bits per heavy atom. The van der Waals surface area contributed by atoms with Gasteiger partial charge in [0.25, 0.3) is 0 Å². The number of hydrogen-bond acceptors (Lipinski definition) is 2. The summed E-state index contributed by atoms with van der Waals surface area (Å²) in [6.07, 6.45) is 1.52. The third-order valence-corrected chi connectivity index (χ3v) is 2.01. The van der Waals surface area contributed by atoms with E-state index in [1.807, 2.05) is 0 Å². The van der Waals surface area contributed by atoms with Crippen LogP contribution in [0.25, 0.3) is 0 Å². The first-order chi connectivity index (χ1) is 6.70. The first kappa shape index (κ1) is 12.0. The van der Waals surface area contributed by atoms with E-state index in [0.29, 0.717) is 0 Å². The summed E-state index contributed by atoms with van der Waals surface area (Å²) in [4.78, 5) is 3.64. The first-order valence-corrected chi connectivity index (χ1v) is 4.57. The van der Waals surface area contributed by atoms with Crippen LogP contribution in [0.5, 0.6) is 0 Å². The Hall–Kier alpha value is -1.04. The van der Waals surface area contributed by atoms with E-state index in [0.717, 1.165) is 6.20 Å². The highest BCUT2D eigenvalue weighted by molar-refractivity contribution is 6.57. The van der Waals surface area contributed by atoms with E-state index >= 15 is 0 Å². The van der Waals surface area contributed by atoms with Crippen molar-refractivity contribution in [1.29, 1.82) is 0 Å². The number of nitrogens with zero attached hydrogens (tertiary/aromatic N) is 1. The lowest BCUT2D eigenvalue weighted by Gasteiger charge is -2.23. The van der Waals surface area contributed by atoms with Crippen LogP contribution in [0, 0.1) is 0 Å². The number of rotatable bonds is 3. The van der Waals surface area contributed by atoms with Crippen molar-refractivity contribution in [1.82, 2.24) is 4.98 Å². The fraction of sp³-hybridized carbons (Fsp3) is 0.444. The van der Waals surface area contributed by atoms with Crippen LogP contribution in [0.1, 0.15) is 25.0 Å². The molecular formula is C9H12BF3NO-. The van der Waals surface area contributed by atoms with Crippen molar-refractivity contribution in [2.75, 3.05) is 0 Å². The number of hydrogen-bond donors (Lipinski definition) is 1. The van der Waals surface area contributed by atoms with Gasteiger partial charge in [0.15, 0.2) is 0 Å². The smallest absolute Gasteiger partial charge is 0.449 e. The largest absolute Gasteiger partial charge is 0.482 e. The summed E-state index contributed by atoms with van der Waals surface area (Å²) < 4.78 is 36.8. The zero-order valence-electron chi connectivity index (χ0n) is 8.54. The summed E-state index contributed by atoms with van der Waals surface area (Å²) in [5, 5.41) is 9.68. The van der Waals surface area contributed by atoms with Crippen LogP contribution in [-0.4, -0.2) is 17.1 Å². The molecule has 0 saturated carbocycles. The highest BCUT2D eigenvalue weighted by atomic mass is 19.4. The van der Waals surface area contributed by atoms with Crippen LogP contribution in [0.3, 0.4) is 0 Å². The van der Waals surface area contributed by atoms with E-state index in [-0.39, 0.29) is 11.1 Å². The summed E-state index contributed by atoms with van der Waals surface area (Å²) in [6, 6.07) is 1.41. The van der Waals surface area contributed by atoms with Crippen LogP contribution in [0.15, 0.2) is 18.5 Å². The second-order valence-electron chi connectivity index (χ2n) is 4.01. The van der Waals surface area contributed by atoms with Gasteiger partial charge in [0.2, 0.25) is 0 Å². The molecule has 0 aliphatic rings. The molecule has 15 heavy (non-hydrogen) atoms. The molecule has 1 aromatic rings. The van der Waals surface area contributed by atoms with Crippen LogP contribution < -0.4 is 0 Å². The molecule has 6 heteroatoms. The third kappa shape index (κ3) is 3.55. The van der Waals surface area contributed by atoms with E-state index < -0.39 is 18.9 Å². The predicted molar refractivity (Wildman–Crippen MR) is 52.3 cm³/mol. The Labute approximate surface area is 86.2 Å². The highest BCUT2D eigenvalue weighted by Gasteiger charge is 2.27. The topological polar surface area (TPSA) is 33.1 Å². The molecule has 1 rings (SSSR count). The lowest BCUT2D eigenvalue weighted by atomic mass is 9.78. The Bertz CT molecular complexity index is 346.